The third-order valence-electron chi connectivity index (χ3n) is 3.50. The van der Waals surface area contributed by atoms with Crippen LogP contribution in [0.1, 0.15) is 22.6 Å². The maximum Gasteiger partial charge on any atom is 0.191 e. The number of aryl methyl sites for hydroxylation is 3. The van der Waals surface area contributed by atoms with Gasteiger partial charge in [0.1, 0.15) is 23.9 Å². The summed E-state index contributed by atoms with van der Waals surface area (Å²) in [5, 5.41) is 6.50. The number of hydrogen-bond donors (Lipinski definition) is 2. The summed E-state index contributed by atoms with van der Waals surface area (Å²) in [5.74, 6) is 3.49. The lowest BCUT2D eigenvalue weighted by atomic mass is 10.2. The molecule has 0 radical (unpaired) electrons. The van der Waals surface area contributed by atoms with Gasteiger partial charge >= 0.3 is 0 Å². The molecule has 0 spiro atoms. The van der Waals surface area contributed by atoms with Gasteiger partial charge < -0.3 is 19.8 Å². The lowest BCUT2D eigenvalue weighted by molar-refractivity contribution is 0.322. The van der Waals surface area contributed by atoms with E-state index < -0.39 is 0 Å². The molecule has 2 aromatic rings. The minimum absolute atomic E-state index is 0.577. The Morgan fingerprint density at radius 2 is 1.87 bits per heavy atom. The summed E-state index contributed by atoms with van der Waals surface area (Å²) in [6.45, 7) is 7.91. The second-order valence-electron chi connectivity index (χ2n) is 5.45. The minimum Gasteiger partial charge on any atom is -0.492 e. The zero-order chi connectivity index (χ0) is 16.7. The van der Waals surface area contributed by atoms with Crippen LogP contribution < -0.4 is 15.4 Å². The van der Waals surface area contributed by atoms with Crippen molar-refractivity contribution in [3.63, 3.8) is 0 Å². The first-order chi connectivity index (χ1) is 11.1. The number of furan rings is 1. The lowest BCUT2D eigenvalue weighted by Gasteiger charge is -2.12. The molecule has 1 aromatic heterocycles. The average Bonchev–Trinajstić information content (AvgIpc) is 2.86. The number of nitrogens with one attached hydrogen (secondary N) is 2. The largest absolute Gasteiger partial charge is 0.492 e. The van der Waals surface area contributed by atoms with Crippen molar-refractivity contribution in [3.05, 3.63) is 53.0 Å². The van der Waals surface area contributed by atoms with Crippen LogP contribution >= 0.6 is 0 Å². The molecule has 0 fully saturated rings. The van der Waals surface area contributed by atoms with Crippen LogP contribution in [0.2, 0.25) is 0 Å². The van der Waals surface area contributed by atoms with Gasteiger partial charge in [-0.2, -0.15) is 0 Å². The van der Waals surface area contributed by atoms with Gasteiger partial charge in [0, 0.05) is 19.2 Å². The van der Waals surface area contributed by atoms with E-state index in [0.29, 0.717) is 19.7 Å². The van der Waals surface area contributed by atoms with E-state index in [9.17, 15) is 0 Å². The quantitative estimate of drug-likeness (QED) is 0.489. The van der Waals surface area contributed by atoms with E-state index in [0.717, 1.165) is 28.8 Å². The molecule has 0 bridgehead atoms. The number of rotatable bonds is 6. The van der Waals surface area contributed by atoms with Gasteiger partial charge in [-0.3, -0.25) is 4.99 Å². The zero-order valence-electron chi connectivity index (χ0n) is 14.3. The predicted molar refractivity (Wildman–Crippen MR) is 93.1 cm³/mol. The second kappa shape index (κ2) is 8.27. The molecule has 5 nitrogen and oxygen atoms in total. The van der Waals surface area contributed by atoms with Gasteiger partial charge in [-0.15, -0.1) is 0 Å². The average molecular weight is 315 g/mol. The fraction of sp³-hybridized carbons (Fsp3) is 0.389. The highest BCUT2D eigenvalue weighted by Crippen LogP contribution is 2.13. The molecular weight excluding hydrogens is 290 g/mol. The van der Waals surface area contributed by atoms with Gasteiger partial charge in [-0.05, 0) is 39.0 Å². The molecule has 5 heteroatoms. The number of aliphatic imine (C=N–C) groups is 1. The molecule has 0 aliphatic carbocycles. The number of ether oxygens (including phenoxy) is 1. The number of nitrogens with zero attached hydrogens (tertiary/aromatic N) is 1. The Hall–Kier alpha value is -2.43. The van der Waals surface area contributed by atoms with Crippen molar-refractivity contribution in [2.24, 2.45) is 4.99 Å². The summed E-state index contributed by atoms with van der Waals surface area (Å²) >= 11 is 0. The van der Waals surface area contributed by atoms with Crippen molar-refractivity contribution < 1.29 is 9.15 Å². The normalized spacial score (nSPS) is 11.4. The molecule has 2 N–H and O–H groups in total. The highest BCUT2D eigenvalue weighted by atomic mass is 16.5. The molecule has 0 saturated heterocycles. The molecule has 0 saturated carbocycles. The molecule has 23 heavy (non-hydrogen) atoms. The zero-order valence-corrected chi connectivity index (χ0v) is 14.3. The number of benzene rings is 1. The molecule has 0 amide bonds. The molecule has 0 atom stereocenters. The van der Waals surface area contributed by atoms with Gasteiger partial charge in [0.25, 0.3) is 0 Å². The van der Waals surface area contributed by atoms with Crippen molar-refractivity contribution in [3.8, 4) is 5.75 Å². The Bertz CT molecular complexity index is 645. The van der Waals surface area contributed by atoms with Crippen LogP contribution in [0.3, 0.4) is 0 Å². The van der Waals surface area contributed by atoms with Gasteiger partial charge in [-0.1, -0.05) is 17.7 Å². The molecular formula is C18H25N3O2. The second-order valence-corrected chi connectivity index (χ2v) is 5.45. The minimum atomic E-state index is 0.577. The van der Waals surface area contributed by atoms with Crippen LogP contribution in [-0.4, -0.2) is 26.2 Å². The molecule has 124 valence electrons. The fourth-order valence-electron chi connectivity index (χ4n) is 2.23. The number of guanidine groups is 1. The van der Waals surface area contributed by atoms with E-state index in [1.54, 1.807) is 7.05 Å². The van der Waals surface area contributed by atoms with E-state index in [1.807, 2.05) is 44.2 Å². The highest BCUT2D eigenvalue weighted by Gasteiger charge is 2.05. The van der Waals surface area contributed by atoms with Crippen LogP contribution in [-0.2, 0) is 6.54 Å². The van der Waals surface area contributed by atoms with Gasteiger partial charge in [0.15, 0.2) is 5.96 Å². The van der Waals surface area contributed by atoms with Gasteiger partial charge in [0.2, 0.25) is 0 Å². The van der Waals surface area contributed by atoms with E-state index >= 15 is 0 Å². The lowest BCUT2D eigenvalue weighted by Crippen LogP contribution is -2.38. The highest BCUT2D eigenvalue weighted by molar-refractivity contribution is 5.79. The predicted octanol–water partition coefficient (Wildman–Crippen LogP) is 2.95. The standard InChI is InChI=1S/C18H25N3O2/c1-13-5-7-17(8-6-13)22-10-9-20-18(19-4)21-12-16-11-14(2)23-15(16)3/h5-8,11H,9-10,12H2,1-4H3,(H2,19,20,21). The Morgan fingerprint density at radius 3 is 2.48 bits per heavy atom. The van der Waals surface area contributed by atoms with E-state index in [2.05, 4.69) is 22.5 Å². The Balaban J connectivity index is 1.70. The first kappa shape index (κ1) is 16.9. The molecule has 0 unspecified atom stereocenters. The van der Waals surface area contributed by atoms with Crippen LogP contribution in [0.15, 0.2) is 39.7 Å². The molecule has 0 aliphatic rings. The van der Waals surface area contributed by atoms with Crippen LogP contribution in [0.4, 0.5) is 0 Å². The summed E-state index contributed by atoms with van der Waals surface area (Å²) in [5.41, 5.74) is 2.37. The van der Waals surface area contributed by atoms with E-state index in [4.69, 9.17) is 9.15 Å². The summed E-state index contributed by atoms with van der Waals surface area (Å²) in [6.07, 6.45) is 0. The van der Waals surface area contributed by atoms with Crippen molar-refractivity contribution in [1.29, 1.82) is 0 Å². The smallest absolute Gasteiger partial charge is 0.191 e. The summed E-state index contributed by atoms with van der Waals surface area (Å²) in [6, 6.07) is 10.1. The Morgan fingerprint density at radius 1 is 1.13 bits per heavy atom. The van der Waals surface area contributed by atoms with Crippen molar-refractivity contribution in [2.75, 3.05) is 20.2 Å². The fourth-order valence-corrected chi connectivity index (χ4v) is 2.23. The maximum atomic E-state index is 5.68. The summed E-state index contributed by atoms with van der Waals surface area (Å²) < 4.78 is 11.2. The molecule has 0 aliphatic heterocycles. The van der Waals surface area contributed by atoms with Gasteiger partial charge in [-0.25, -0.2) is 0 Å². The van der Waals surface area contributed by atoms with Crippen molar-refractivity contribution in [1.82, 2.24) is 10.6 Å². The monoisotopic (exact) mass is 315 g/mol. The van der Waals surface area contributed by atoms with E-state index in [1.165, 1.54) is 5.56 Å². The summed E-state index contributed by atoms with van der Waals surface area (Å²) in [4.78, 5) is 4.20. The third-order valence-corrected chi connectivity index (χ3v) is 3.50. The van der Waals surface area contributed by atoms with Crippen LogP contribution in [0, 0.1) is 20.8 Å². The van der Waals surface area contributed by atoms with Crippen LogP contribution in [0.5, 0.6) is 5.75 Å². The molecule has 1 heterocycles. The SMILES string of the molecule is CN=C(NCCOc1ccc(C)cc1)NCc1cc(C)oc1C. The Kier molecular flexibility index (Phi) is 6.09. The molecule has 2 rings (SSSR count). The Labute approximate surface area is 137 Å². The summed E-state index contributed by atoms with van der Waals surface area (Å²) in [7, 11) is 1.75. The van der Waals surface area contributed by atoms with Crippen LogP contribution in [0.25, 0.3) is 0 Å². The first-order valence-corrected chi connectivity index (χ1v) is 7.78. The maximum absolute atomic E-state index is 5.68. The van der Waals surface area contributed by atoms with E-state index in [-0.39, 0.29) is 0 Å². The van der Waals surface area contributed by atoms with Crippen molar-refractivity contribution >= 4 is 5.96 Å². The topological polar surface area (TPSA) is 58.8 Å². The van der Waals surface area contributed by atoms with Gasteiger partial charge in [0.05, 0.1) is 6.54 Å². The third kappa shape index (κ3) is 5.36. The molecule has 1 aromatic carbocycles. The first-order valence-electron chi connectivity index (χ1n) is 7.78. The number of hydrogen-bond acceptors (Lipinski definition) is 3. The van der Waals surface area contributed by atoms with Crippen molar-refractivity contribution in [2.45, 2.75) is 27.3 Å².